The van der Waals surface area contributed by atoms with Crippen LogP contribution in [0.15, 0.2) is 30.4 Å². The molecule has 0 atom stereocenters. The lowest BCUT2D eigenvalue weighted by Crippen LogP contribution is -2.07. The molecule has 1 aliphatic carbocycles. The van der Waals surface area contributed by atoms with E-state index in [4.69, 9.17) is 4.74 Å². The van der Waals surface area contributed by atoms with Crippen LogP contribution in [0, 0.1) is 5.41 Å². The Kier molecular flexibility index (Phi) is 4.91. The van der Waals surface area contributed by atoms with Crippen LogP contribution in [0.4, 0.5) is 0 Å². The molecule has 1 aromatic rings. The third-order valence-corrected chi connectivity index (χ3v) is 3.96. The lowest BCUT2D eigenvalue weighted by Gasteiger charge is -2.19. The van der Waals surface area contributed by atoms with Crippen LogP contribution in [-0.4, -0.2) is 6.61 Å². The molecule has 0 fully saturated rings. The summed E-state index contributed by atoms with van der Waals surface area (Å²) in [4.78, 5) is 0. The molecule has 110 valence electrons. The molecule has 1 heteroatoms. The Morgan fingerprint density at radius 2 is 1.90 bits per heavy atom. The molecule has 0 saturated heterocycles. The number of ether oxygens (including phenoxy) is 1. The van der Waals surface area contributed by atoms with Gasteiger partial charge in [0.2, 0.25) is 0 Å². The van der Waals surface area contributed by atoms with E-state index in [-0.39, 0.29) is 0 Å². The minimum absolute atomic E-state index is 0.437. The fraction of sp³-hybridized carbons (Fsp3) is 0.579. The van der Waals surface area contributed by atoms with E-state index in [0.29, 0.717) is 5.41 Å². The van der Waals surface area contributed by atoms with Crippen molar-refractivity contribution in [3.63, 3.8) is 0 Å². The normalized spacial score (nSPS) is 15.1. The van der Waals surface area contributed by atoms with Gasteiger partial charge in [-0.05, 0) is 67.2 Å². The van der Waals surface area contributed by atoms with Crippen LogP contribution in [0.3, 0.4) is 0 Å². The van der Waals surface area contributed by atoms with Crippen LogP contribution in [0.2, 0.25) is 0 Å². The molecule has 1 nitrogen and oxygen atoms in total. The summed E-state index contributed by atoms with van der Waals surface area (Å²) in [5.74, 6) is 1.02. The second kappa shape index (κ2) is 6.47. The smallest absolute Gasteiger partial charge is 0.119 e. The average molecular weight is 272 g/mol. The third-order valence-electron chi connectivity index (χ3n) is 3.96. The van der Waals surface area contributed by atoms with Crippen molar-refractivity contribution >= 4 is 0 Å². The highest BCUT2D eigenvalue weighted by atomic mass is 16.5. The van der Waals surface area contributed by atoms with Gasteiger partial charge in [-0.2, -0.15) is 0 Å². The highest BCUT2D eigenvalue weighted by Crippen LogP contribution is 2.27. The number of rotatable bonds is 5. The summed E-state index contributed by atoms with van der Waals surface area (Å²) >= 11 is 0. The second-order valence-electron chi connectivity index (χ2n) is 7.22. The molecule has 0 bridgehead atoms. The topological polar surface area (TPSA) is 9.23 Å². The van der Waals surface area contributed by atoms with Gasteiger partial charge in [0.25, 0.3) is 0 Å². The number of benzene rings is 1. The number of hydrogen-bond donors (Lipinski definition) is 0. The maximum absolute atomic E-state index is 5.89. The average Bonchev–Trinajstić information content (AvgIpc) is 2.36. The van der Waals surface area contributed by atoms with Crippen molar-refractivity contribution in [1.82, 2.24) is 0 Å². The summed E-state index contributed by atoms with van der Waals surface area (Å²) < 4.78 is 5.89. The molecule has 1 aromatic carbocycles. The van der Waals surface area contributed by atoms with Gasteiger partial charge in [0.05, 0.1) is 6.61 Å². The highest BCUT2D eigenvalue weighted by Gasteiger charge is 2.12. The maximum atomic E-state index is 5.89. The van der Waals surface area contributed by atoms with E-state index in [1.165, 1.54) is 29.5 Å². The summed E-state index contributed by atoms with van der Waals surface area (Å²) in [6, 6.07) is 6.56. The standard InChI is InChI=1S/C19H28O/c1-15-7-8-16-9-10-18(14-17(16)13-15)20-12-6-5-11-19(2,3)4/h9-10,14H,1,5-8,11-13H2,2-4H3. The zero-order valence-electron chi connectivity index (χ0n) is 13.3. The summed E-state index contributed by atoms with van der Waals surface area (Å²) in [5.41, 5.74) is 4.66. The van der Waals surface area contributed by atoms with Crippen molar-refractivity contribution in [2.24, 2.45) is 5.41 Å². The first-order chi connectivity index (χ1) is 9.44. The van der Waals surface area contributed by atoms with Gasteiger partial charge in [-0.25, -0.2) is 0 Å². The number of allylic oxidation sites excluding steroid dienone is 1. The van der Waals surface area contributed by atoms with Crippen molar-refractivity contribution in [1.29, 1.82) is 0 Å². The van der Waals surface area contributed by atoms with Crippen LogP contribution in [0.1, 0.15) is 57.6 Å². The van der Waals surface area contributed by atoms with Crippen LogP contribution >= 0.6 is 0 Å². The van der Waals surface area contributed by atoms with Gasteiger partial charge in [0.15, 0.2) is 0 Å². The van der Waals surface area contributed by atoms with Gasteiger partial charge in [-0.3, -0.25) is 0 Å². The van der Waals surface area contributed by atoms with Crippen molar-refractivity contribution in [3.8, 4) is 5.75 Å². The Morgan fingerprint density at radius 1 is 1.10 bits per heavy atom. The summed E-state index contributed by atoms with van der Waals surface area (Å²) in [5, 5.41) is 0. The lowest BCUT2D eigenvalue weighted by atomic mass is 9.89. The maximum Gasteiger partial charge on any atom is 0.119 e. The molecule has 0 amide bonds. The molecule has 0 aliphatic heterocycles. The third kappa shape index (κ3) is 4.70. The quantitative estimate of drug-likeness (QED) is 0.520. The Bertz CT molecular complexity index is 465. The van der Waals surface area contributed by atoms with Crippen LogP contribution in [0.25, 0.3) is 0 Å². The Labute approximate surface area is 124 Å². The van der Waals surface area contributed by atoms with E-state index in [0.717, 1.165) is 38.0 Å². The molecular weight excluding hydrogens is 244 g/mol. The number of unbranched alkanes of at least 4 members (excludes halogenated alkanes) is 1. The Balaban J connectivity index is 1.79. The van der Waals surface area contributed by atoms with Gasteiger partial charge in [-0.15, -0.1) is 0 Å². The monoisotopic (exact) mass is 272 g/mol. The predicted molar refractivity (Wildman–Crippen MR) is 86.4 cm³/mol. The van der Waals surface area contributed by atoms with E-state index in [9.17, 15) is 0 Å². The van der Waals surface area contributed by atoms with Gasteiger partial charge in [0, 0.05) is 0 Å². The molecular formula is C19H28O. The Hall–Kier alpha value is -1.24. The highest BCUT2D eigenvalue weighted by molar-refractivity contribution is 5.40. The zero-order chi connectivity index (χ0) is 14.6. The summed E-state index contributed by atoms with van der Waals surface area (Å²) in [6.45, 7) is 11.8. The van der Waals surface area contributed by atoms with E-state index < -0.39 is 0 Å². The molecule has 0 aromatic heterocycles. The number of fused-ring (bicyclic) bond motifs is 1. The number of hydrogen-bond acceptors (Lipinski definition) is 1. The van der Waals surface area contributed by atoms with Crippen LogP contribution < -0.4 is 4.74 Å². The Morgan fingerprint density at radius 3 is 2.65 bits per heavy atom. The fourth-order valence-electron chi connectivity index (χ4n) is 2.72. The zero-order valence-corrected chi connectivity index (χ0v) is 13.3. The fourth-order valence-corrected chi connectivity index (χ4v) is 2.72. The van der Waals surface area contributed by atoms with E-state index >= 15 is 0 Å². The summed E-state index contributed by atoms with van der Waals surface area (Å²) in [6.07, 6.45) is 6.95. The molecule has 0 radical (unpaired) electrons. The lowest BCUT2D eigenvalue weighted by molar-refractivity contribution is 0.285. The second-order valence-corrected chi connectivity index (χ2v) is 7.22. The minimum atomic E-state index is 0.437. The van der Waals surface area contributed by atoms with Crippen molar-refractivity contribution in [2.45, 2.75) is 59.3 Å². The first-order valence-electron chi connectivity index (χ1n) is 7.85. The number of aryl methyl sites for hydroxylation is 1. The predicted octanol–water partition coefficient (Wildman–Crippen LogP) is 5.33. The minimum Gasteiger partial charge on any atom is -0.494 e. The molecule has 0 heterocycles. The van der Waals surface area contributed by atoms with Gasteiger partial charge in [0.1, 0.15) is 5.75 Å². The summed E-state index contributed by atoms with van der Waals surface area (Å²) in [7, 11) is 0. The molecule has 0 spiro atoms. The van der Waals surface area contributed by atoms with E-state index in [1.54, 1.807) is 0 Å². The first-order valence-corrected chi connectivity index (χ1v) is 7.85. The molecule has 1 aliphatic rings. The largest absolute Gasteiger partial charge is 0.494 e. The van der Waals surface area contributed by atoms with E-state index in [2.05, 4.69) is 45.5 Å². The molecule has 0 N–H and O–H groups in total. The SMILES string of the molecule is C=C1CCc2ccc(OCCCCC(C)(C)C)cc2C1. The molecule has 0 unspecified atom stereocenters. The first kappa shape index (κ1) is 15.2. The van der Waals surface area contributed by atoms with Crippen LogP contribution in [-0.2, 0) is 12.8 Å². The van der Waals surface area contributed by atoms with Gasteiger partial charge in [-0.1, -0.05) is 39.0 Å². The molecule has 2 rings (SSSR count). The van der Waals surface area contributed by atoms with Crippen molar-refractivity contribution in [2.75, 3.05) is 6.61 Å². The molecule has 0 saturated carbocycles. The van der Waals surface area contributed by atoms with E-state index in [1.807, 2.05) is 0 Å². The van der Waals surface area contributed by atoms with Crippen LogP contribution in [0.5, 0.6) is 5.75 Å². The van der Waals surface area contributed by atoms with Crippen molar-refractivity contribution in [3.05, 3.63) is 41.5 Å². The van der Waals surface area contributed by atoms with Crippen molar-refractivity contribution < 1.29 is 4.74 Å². The van der Waals surface area contributed by atoms with Gasteiger partial charge >= 0.3 is 0 Å². The van der Waals surface area contributed by atoms with Gasteiger partial charge < -0.3 is 4.74 Å². The molecule has 20 heavy (non-hydrogen) atoms.